The number of carbonyl (C=O) groups is 1. The molecule has 0 atom stereocenters. The topological polar surface area (TPSA) is 48.4 Å². The van der Waals surface area contributed by atoms with Crippen LogP contribution < -0.4 is 9.64 Å². The van der Waals surface area contributed by atoms with Crippen LogP contribution in [0.1, 0.15) is 6.42 Å². The number of amides is 2. The number of urea groups is 1. The highest BCUT2D eigenvalue weighted by atomic mass is 35.5. The predicted molar refractivity (Wildman–Crippen MR) is 115 cm³/mol. The van der Waals surface area contributed by atoms with Crippen LogP contribution in [0.25, 0.3) is 0 Å². The monoisotopic (exact) mass is 412 g/mol. The molecule has 0 unspecified atom stereocenters. The standard InChI is InChI=1S/C22H25ClN4O2/c23-18-3-4-19-20(12-18)29-11-10-27(19)21(28)26-15-22(16-26)6-9-25(14-22)13-17-2-1-7-24-8-5-17/h1-5,8,12H,6-7,9-11,13-16H2. The highest BCUT2D eigenvalue weighted by Gasteiger charge is 2.50. The lowest BCUT2D eigenvalue weighted by Crippen LogP contribution is -2.63. The molecule has 4 aliphatic heterocycles. The molecule has 29 heavy (non-hydrogen) atoms. The summed E-state index contributed by atoms with van der Waals surface area (Å²) in [6, 6.07) is 5.54. The van der Waals surface area contributed by atoms with E-state index >= 15 is 0 Å². The van der Waals surface area contributed by atoms with E-state index in [4.69, 9.17) is 16.3 Å². The Kier molecular flexibility index (Phi) is 4.84. The summed E-state index contributed by atoms with van der Waals surface area (Å²) in [6.45, 7) is 6.59. The van der Waals surface area contributed by atoms with Gasteiger partial charge in [-0.25, -0.2) is 4.79 Å². The Bertz CT molecular complexity index is 904. The highest BCUT2D eigenvalue weighted by molar-refractivity contribution is 6.30. The summed E-state index contributed by atoms with van der Waals surface area (Å²) in [5.41, 5.74) is 2.36. The normalized spacial score (nSPS) is 22.7. The number of allylic oxidation sites excluding steroid dienone is 1. The predicted octanol–water partition coefficient (Wildman–Crippen LogP) is 3.23. The molecule has 4 aliphatic rings. The number of hydrogen-bond donors (Lipinski definition) is 0. The quantitative estimate of drug-likeness (QED) is 0.749. The lowest BCUT2D eigenvalue weighted by Gasteiger charge is -2.49. The van der Waals surface area contributed by atoms with Crippen molar-refractivity contribution in [1.82, 2.24) is 9.80 Å². The Morgan fingerprint density at radius 2 is 2.14 bits per heavy atom. The van der Waals surface area contributed by atoms with Gasteiger partial charge in [0.15, 0.2) is 0 Å². The van der Waals surface area contributed by atoms with Crippen molar-refractivity contribution in [1.29, 1.82) is 0 Å². The first-order valence-electron chi connectivity index (χ1n) is 10.2. The van der Waals surface area contributed by atoms with Gasteiger partial charge < -0.3 is 9.64 Å². The van der Waals surface area contributed by atoms with Crippen LogP contribution >= 0.6 is 11.6 Å². The molecule has 7 heteroatoms. The van der Waals surface area contributed by atoms with Crippen LogP contribution in [0, 0.1) is 5.41 Å². The number of ether oxygens (including phenoxy) is 1. The second-order valence-corrected chi connectivity index (χ2v) is 8.81. The van der Waals surface area contributed by atoms with E-state index in [9.17, 15) is 4.79 Å². The zero-order chi connectivity index (χ0) is 19.8. The van der Waals surface area contributed by atoms with Crippen LogP contribution in [0.15, 0.2) is 47.0 Å². The van der Waals surface area contributed by atoms with Crippen molar-refractivity contribution in [3.8, 4) is 5.75 Å². The first kappa shape index (κ1) is 18.7. The highest BCUT2D eigenvalue weighted by Crippen LogP contribution is 2.42. The third-order valence-electron chi connectivity index (χ3n) is 6.20. The van der Waals surface area contributed by atoms with Gasteiger partial charge in [-0.2, -0.15) is 0 Å². The van der Waals surface area contributed by atoms with Crippen LogP contribution in [-0.2, 0) is 0 Å². The third kappa shape index (κ3) is 3.67. The maximum Gasteiger partial charge on any atom is 0.324 e. The van der Waals surface area contributed by atoms with Crippen molar-refractivity contribution in [2.75, 3.05) is 57.3 Å². The molecular formula is C22H25ClN4O2. The molecule has 0 N–H and O–H groups in total. The fourth-order valence-corrected chi connectivity index (χ4v) is 4.94. The number of carbonyl (C=O) groups excluding carboxylic acids is 1. The van der Waals surface area contributed by atoms with E-state index in [1.165, 1.54) is 5.57 Å². The molecule has 0 aromatic heterocycles. The van der Waals surface area contributed by atoms with Gasteiger partial charge in [0.1, 0.15) is 12.4 Å². The Morgan fingerprint density at radius 1 is 1.24 bits per heavy atom. The molecule has 2 saturated heterocycles. The van der Waals surface area contributed by atoms with Crippen molar-refractivity contribution in [3.63, 3.8) is 0 Å². The molecule has 0 bridgehead atoms. The number of likely N-dealkylation sites (tertiary alicyclic amines) is 2. The molecule has 0 aliphatic carbocycles. The van der Waals surface area contributed by atoms with Gasteiger partial charge in [-0.1, -0.05) is 23.8 Å². The summed E-state index contributed by atoms with van der Waals surface area (Å²) < 4.78 is 5.68. The number of aliphatic imine (C=N–C) groups is 1. The average Bonchev–Trinajstić information content (AvgIpc) is 2.95. The number of benzene rings is 1. The van der Waals surface area contributed by atoms with Gasteiger partial charge >= 0.3 is 6.03 Å². The Hall–Kier alpha value is -2.31. The number of fused-ring (bicyclic) bond motifs is 1. The molecule has 2 fully saturated rings. The molecule has 152 valence electrons. The van der Waals surface area contributed by atoms with Crippen LogP contribution in [-0.4, -0.2) is 74.5 Å². The van der Waals surface area contributed by atoms with E-state index in [1.54, 1.807) is 6.07 Å². The van der Waals surface area contributed by atoms with Crippen LogP contribution in [0.3, 0.4) is 0 Å². The van der Waals surface area contributed by atoms with Gasteiger partial charge in [0.2, 0.25) is 0 Å². The molecule has 5 rings (SSSR count). The van der Waals surface area contributed by atoms with E-state index in [2.05, 4.69) is 28.1 Å². The van der Waals surface area contributed by atoms with Gasteiger partial charge in [-0.05, 0) is 36.7 Å². The number of hydrogen-bond acceptors (Lipinski definition) is 4. The average molecular weight is 413 g/mol. The maximum atomic E-state index is 13.1. The Balaban J connectivity index is 1.20. The minimum absolute atomic E-state index is 0.0755. The summed E-state index contributed by atoms with van der Waals surface area (Å²) in [5.74, 6) is 0.688. The van der Waals surface area contributed by atoms with Crippen molar-refractivity contribution in [2.24, 2.45) is 10.4 Å². The number of anilines is 1. The van der Waals surface area contributed by atoms with E-state index < -0.39 is 0 Å². The first-order chi connectivity index (χ1) is 14.1. The molecule has 0 radical (unpaired) electrons. The largest absolute Gasteiger partial charge is 0.489 e. The number of nitrogens with zero attached hydrogens (tertiary/aromatic N) is 4. The summed E-state index contributed by atoms with van der Waals surface area (Å²) in [5, 5.41) is 0.622. The molecule has 1 aromatic carbocycles. The van der Waals surface area contributed by atoms with Gasteiger partial charge in [-0.15, -0.1) is 0 Å². The molecule has 1 aromatic rings. The Morgan fingerprint density at radius 3 is 3.03 bits per heavy atom. The number of halogens is 1. The molecule has 1 spiro atoms. The van der Waals surface area contributed by atoms with Crippen molar-refractivity contribution in [2.45, 2.75) is 6.42 Å². The second-order valence-electron chi connectivity index (χ2n) is 8.37. The maximum absolute atomic E-state index is 13.1. The minimum Gasteiger partial charge on any atom is -0.489 e. The van der Waals surface area contributed by atoms with E-state index in [1.807, 2.05) is 28.1 Å². The fraction of sp³-hybridized carbons (Fsp3) is 0.455. The number of rotatable bonds is 2. The van der Waals surface area contributed by atoms with Crippen LogP contribution in [0.5, 0.6) is 5.75 Å². The zero-order valence-electron chi connectivity index (χ0n) is 16.4. The van der Waals surface area contributed by atoms with E-state index in [0.29, 0.717) is 23.9 Å². The lowest BCUT2D eigenvalue weighted by molar-refractivity contribution is 0.0418. The molecule has 4 heterocycles. The SMILES string of the molecule is O=C(N1CC2(CCN(CC3=CC=NCC=C3)C2)C1)N1CCOc2cc(Cl)ccc21. The van der Waals surface area contributed by atoms with Gasteiger partial charge in [0.05, 0.1) is 18.8 Å². The molecule has 0 saturated carbocycles. The smallest absolute Gasteiger partial charge is 0.324 e. The van der Waals surface area contributed by atoms with Crippen LogP contribution in [0.4, 0.5) is 10.5 Å². The first-order valence-corrected chi connectivity index (χ1v) is 10.6. The van der Waals surface area contributed by atoms with Crippen LogP contribution in [0.2, 0.25) is 5.02 Å². The summed E-state index contributed by atoms with van der Waals surface area (Å²) in [4.78, 5) is 23.7. The van der Waals surface area contributed by atoms with E-state index in [0.717, 1.165) is 51.4 Å². The fourth-order valence-electron chi connectivity index (χ4n) is 4.78. The van der Waals surface area contributed by atoms with Gasteiger partial charge in [-0.3, -0.25) is 14.8 Å². The summed E-state index contributed by atoms with van der Waals surface area (Å²) >= 11 is 6.07. The van der Waals surface area contributed by atoms with Gasteiger partial charge in [0, 0.05) is 48.9 Å². The third-order valence-corrected chi connectivity index (χ3v) is 6.43. The summed E-state index contributed by atoms with van der Waals surface area (Å²) in [7, 11) is 0. The van der Waals surface area contributed by atoms with E-state index in [-0.39, 0.29) is 11.4 Å². The van der Waals surface area contributed by atoms with Crippen molar-refractivity contribution < 1.29 is 9.53 Å². The Labute approximate surface area is 176 Å². The molecule has 6 nitrogen and oxygen atoms in total. The van der Waals surface area contributed by atoms with Crippen molar-refractivity contribution in [3.05, 3.63) is 47.0 Å². The second kappa shape index (κ2) is 7.50. The zero-order valence-corrected chi connectivity index (χ0v) is 17.1. The van der Waals surface area contributed by atoms with Crippen molar-refractivity contribution >= 4 is 29.5 Å². The minimum atomic E-state index is 0.0755. The molecule has 2 amide bonds. The van der Waals surface area contributed by atoms with Gasteiger partial charge in [0.25, 0.3) is 0 Å². The lowest BCUT2D eigenvalue weighted by atomic mass is 9.79. The molecular weight excluding hydrogens is 388 g/mol. The summed E-state index contributed by atoms with van der Waals surface area (Å²) in [6.07, 6.45) is 9.44.